The maximum Gasteiger partial charge on any atom is 0.325 e. The average molecular weight is 365 g/mol. The molecule has 26 heavy (non-hydrogen) atoms. The van der Waals surface area contributed by atoms with E-state index in [1.807, 2.05) is 0 Å². The third-order valence-electron chi connectivity index (χ3n) is 5.81. The minimum Gasteiger partial charge on any atom is -0.378 e. The summed E-state index contributed by atoms with van der Waals surface area (Å²) in [6.45, 7) is 1.38. The van der Waals surface area contributed by atoms with Crippen LogP contribution in [0.2, 0.25) is 0 Å². The van der Waals surface area contributed by atoms with Gasteiger partial charge in [0.15, 0.2) is 0 Å². The zero-order valence-electron chi connectivity index (χ0n) is 15.6. The molecule has 0 aromatic heterocycles. The lowest BCUT2D eigenvalue weighted by molar-refractivity contribution is -0.131. The molecule has 0 unspecified atom stereocenters. The second-order valence-corrected chi connectivity index (χ2v) is 7.76. The van der Waals surface area contributed by atoms with Crippen LogP contribution < -0.4 is 10.6 Å². The molecule has 3 rings (SSSR count). The van der Waals surface area contributed by atoms with Crippen molar-refractivity contribution in [1.82, 2.24) is 15.5 Å². The van der Waals surface area contributed by atoms with Crippen LogP contribution in [0, 0.1) is 0 Å². The quantitative estimate of drug-likeness (QED) is 0.509. The van der Waals surface area contributed by atoms with Crippen molar-refractivity contribution >= 4 is 17.8 Å². The van der Waals surface area contributed by atoms with E-state index in [1.165, 1.54) is 24.2 Å². The Kier molecular flexibility index (Phi) is 6.51. The van der Waals surface area contributed by atoms with Crippen LogP contribution in [0.15, 0.2) is 0 Å². The fourth-order valence-corrected chi connectivity index (χ4v) is 4.28. The summed E-state index contributed by atoms with van der Waals surface area (Å²) in [6, 6.07) is -0.356. The van der Waals surface area contributed by atoms with Gasteiger partial charge in [-0.05, 0) is 32.1 Å². The fourth-order valence-electron chi connectivity index (χ4n) is 4.28. The zero-order chi connectivity index (χ0) is 18.4. The monoisotopic (exact) mass is 365 g/mol. The molecular weight excluding hydrogens is 334 g/mol. The van der Waals surface area contributed by atoms with E-state index < -0.39 is 5.54 Å². The standard InChI is InChI=1S/C19H31N3O4/c23-16(20-12-6-14-26-15-7-2-1-3-8-15)9-13-22-17(24)19(21-18(22)25)10-4-5-11-19/h15H,1-14H2,(H,20,23)(H,21,25). The molecule has 0 aromatic carbocycles. The van der Waals surface area contributed by atoms with E-state index in [-0.39, 0.29) is 30.8 Å². The van der Waals surface area contributed by atoms with Gasteiger partial charge in [0.2, 0.25) is 5.91 Å². The summed E-state index contributed by atoms with van der Waals surface area (Å²) in [4.78, 5) is 37.7. The molecule has 2 saturated carbocycles. The van der Waals surface area contributed by atoms with Crippen LogP contribution in [-0.4, -0.2) is 54.1 Å². The Balaban J connectivity index is 1.29. The van der Waals surface area contributed by atoms with E-state index in [0.29, 0.717) is 32.1 Å². The summed E-state index contributed by atoms with van der Waals surface area (Å²) in [5, 5.41) is 5.68. The molecule has 7 heteroatoms. The molecule has 1 heterocycles. The van der Waals surface area contributed by atoms with E-state index >= 15 is 0 Å². The number of urea groups is 1. The minimum absolute atomic E-state index is 0.129. The van der Waals surface area contributed by atoms with Crippen molar-refractivity contribution in [1.29, 1.82) is 0 Å². The summed E-state index contributed by atoms with van der Waals surface area (Å²) in [6.07, 6.45) is 10.8. The highest BCUT2D eigenvalue weighted by Crippen LogP contribution is 2.35. The Morgan fingerprint density at radius 1 is 1.15 bits per heavy atom. The van der Waals surface area contributed by atoms with Crippen molar-refractivity contribution in [2.75, 3.05) is 19.7 Å². The van der Waals surface area contributed by atoms with Crippen LogP contribution in [0.5, 0.6) is 0 Å². The van der Waals surface area contributed by atoms with Gasteiger partial charge in [0, 0.05) is 26.1 Å². The van der Waals surface area contributed by atoms with Gasteiger partial charge in [-0.3, -0.25) is 14.5 Å². The highest BCUT2D eigenvalue weighted by atomic mass is 16.5. The minimum atomic E-state index is -0.690. The lowest BCUT2D eigenvalue weighted by Crippen LogP contribution is -2.44. The third kappa shape index (κ3) is 4.55. The van der Waals surface area contributed by atoms with Gasteiger partial charge in [0.25, 0.3) is 5.91 Å². The van der Waals surface area contributed by atoms with Crippen molar-refractivity contribution < 1.29 is 19.1 Å². The molecule has 2 aliphatic carbocycles. The van der Waals surface area contributed by atoms with Crippen molar-refractivity contribution in [2.45, 2.75) is 82.3 Å². The second kappa shape index (κ2) is 8.84. The molecule has 0 bridgehead atoms. The second-order valence-electron chi connectivity index (χ2n) is 7.76. The lowest BCUT2D eigenvalue weighted by Gasteiger charge is -2.22. The first kappa shape index (κ1) is 19.1. The molecule has 2 N–H and O–H groups in total. The number of nitrogens with zero attached hydrogens (tertiary/aromatic N) is 1. The number of carbonyl (C=O) groups excluding carboxylic acids is 3. The predicted molar refractivity (Wildman–Crippen MR) is 96.5 cm³/mol. The van der Waals surface area contributed by atoms with E-state index in [4.69, 9.17) is 4.74 Å². The smallest absolute Gasteiger partial charge is 0.325 e. The largest absolute Gasteiger partial charge is 0.378 e. The first-order chi connectivity index (χ1) is 12.6. The molecule has 1 spiro atoms. The van der Waals surface area contributed by atoms with E-state index in [2.05, 4.69) is 10.6 Å². The summed E-state index contributed by atoms with van der Waals surface area (Å²) in [5.41, 5.74) is -0.690. The molecule has 0 radical (unpaired) electrons. The number of hydrogen-bond acceptors (Lipinski definition) is 4. The number of amides is 4. The Hall–Kier alpha value is -1.63. The van der Waals surface area contributed by atoms with Crippen molar-refractivity contribution in [3.63, 3.8) is 0 Å². The molecule has 7 nitrogen and oxygen atoms in total. The Morgan fingerprint density at radius 3 is 2.62 bits per heavy atom. The van der Waals surface area contributed by atoms with Gasteiger partial charge in [0.05, 0.1) is 6.10 Å². The first-order valence-corrected chi connectivity index (χ1v) is 10.1. The highest BCUT2D eigenvalue weighted by molar-refractivity contribution is 6.07. The molecule has 0 aromatic rings. The fraction of sp³-hybridized carbons (Fsp3) is 0.842. The molecule has 1 aliphatic heterocycles. The van der Waals surface area contributed by atoms with Gasteiger partial charge in [0.1, 0.15) is 5.54 Å². The van der Waals surface area contributed by atoms with E-state index in [1.54, 1.807) is 0 Å². The summed E-state index contributed by atoms with van der Waals surface area (Å²) in [5.74, 6) is -0.288. The van der Waals surface area contributed by atoms with Crippen LogP contribution in [-0.2, 0) is 14.3 Å². The molecular formula is C19H31N3O4. The topological polar surface area (TPSA) is 87.7 Å². The van der Waals surface area contributed by atoms with Crippen molar-refractivity contribution in [2.24, 2.45) is 0 Å². The maximum absolute atomic E-state index is 12.5. The van der Waals surface area contributed by atoms with Crippen molar-refractivity contribution in [3.05, 3.63) is 0 Å². The normalized spacial score (nSPS) is 22.8. The molecule has 3 aliphatic rings. The predicted octanol–water partition coefficient (Wildman–Crippen LogP) is 2.10. The SMILES string of the molecule is O=C(CCN1C(=O)NC2(CCCC2)C1=O)NCCCOC1CCCCC1. The van der Waals surface area contributed by atoms with Crippen LogP contribution in [0.3, 0.4) is 0 Å². The van der Waals surface area contributed by atoms with E-state index in [9.17, 15) is 14.4 Å². The van der Waals surface area contributed by atoms with Gasteiger partial charge in [-0.1, -0.05) is 32.1 Å². The number of hydrogen-bond donors (Lipinski definition) is 2. The van der Waals surface area contributed by atoms with E-state index in [0.717, 1.165) is 32.1 Å². The van der Waals surface area contributed by atoms with Crippen LogP contribution in [0.4, 0.5) is 4.79 Å². The molecule has 3 fully saturated rings. The average Bonchev–Trinajstić information content (AvgIpc) is 3.20. The molecule has 4 amide bonds. The highest BCUT2D eigenvalue weighted by Gasteiger charge is 2.52. The van der Waals surface area contributed by atoms with Gasteiger partial charge in [-0.15, -0.1) is 0 Å². The first-order valence-electron chi connectivity index (χ1n) is 10.1. The number of nitrogens with one attached hydrogen (secondary N) is 2. The van der Waals surface area contributed by atoms with Gasteiger partial charge in [-0.25, -0.2) is 4.79 Å². The van der Waals surface area contributed by atoms with Gasteiger partial charge >= 0.3 is 6.03 Å². The molecule has 0 atom stereocenters. The third-order valence-corrected chi connectivity index (χ3v) is 5.81. The summed E-state index contributed by atoms with van der Waals surface area (Å²) >= 11 is 0. The summed E-state index contributed by atoms with van der Waals surface area (Å²) < 4.78 is 5.83. The molecule has 146 valence electrons. The molecule has 1 saturated heterocycles. The summed E-state index contributed by atoms with van der Waals surface area (Å²) in [7, 11) is 0. The Labute approximate surface area is 155 Å². The van der Waals surface area contributed by atoms with Crippen LogP contribution >= 0.6 is 0 Å². The van der Waals surface area contributed by atoms with Gasteiger partial charge in [-0.2, -0.15) is 0 Å². The van der Waals surface area contributed by atoms with Crippen LogP contribution in [0.25, 0.3) is 0 Å². The Bertz CT molecular complexity index is 525. The van der Waals surface area contributed by atoms with Crippen molar-refractivity contribution in [3.8, 4) is 0 Å². The number of ether oxygens (including phenoxy) is 1. The Morgan fingerprint density at radius 2 is 1.88 bits per heavy atom. The number of rotatable bonds is 8. The maximum atomic E-state index is 12.5. The number of carbonyl (C=O) groups is 3. The zero-order valence-corrected chi connectivity index (χ0v) is 15.6. The van der Waals surface area contributed by atoms with Gasteiger partial charge < -0.3 is 15.4 Å². The number of imide groups is 1. The lowest BCUT2D eigenvalue weighted by atomic mass is 9.98. The van der Waals surface area contributed by atoms with Crippen LogP contribution in [0.1, 0.15) is 70.6 Å².